The summed E-state index contributed by atoms with van der Waals surface area (Å²) in [6, 6.07) is 0. The van der Waals surface area contributed by atoms with Crippen LogP contribution in [0.5, 0.6) is 0 Å². The highest BCUT2D eigenvalue weighted by atomic mass is 16.4. The van der Waals surface area contributed by atoms with Crippen LogP contribution in [0.15, 0.2) is 0 Å². The molecule has 2 atom stereocenters. The molecule has 0 bridgehead atoms. The van der Waals surface area contributed by atoms with Gasteiger partial charge in [0.1, 0.15) is 11.7 Å². The van der Waals surface area contributed by atoms with E-state index in [9.17, 15) is 9.59 Å². The second-order valence-electron chi connectivity index (χ2n) is 3.01. The van der Waals surface area contributed by atoms with Gasteiger partial charge >= 0.3 is 5.97 Å². The summed E-state index contributed by atoms with van der Waals surface area (Å²) in [7, 11) is 0. The minimum atomic E-state index is -0.997. The van der Waals surface area contributed by atoms with Crippen molar-refractivity contribution in [3.8, 4) is 0 Å². The Morgan fingerprint density at radius 3 is 2.00 bits per heavy atom. The predicted octanol–water partition coefficient (Wildman–Crippen LogP) is 1.71. The maximum absolute atomic E-state index is 11.4. The number of carbonyl (C=O) groups excluding carboxylic acids is 1. The van der Waals surface area contributed by atoms with Crippen molar-refractivity contribution >= 4 is 11.8 Å². The number of hydrogen-bond acceptors (Lipinski definition) is 2. The first-order valence-electron chi connectivity index (χ1n) is 4.31. The Hall–Kier alpha value is -0.860. The number of carbonyl (C=O) groups is 2. The third kappa shape index (κ3) is 2.64. The fraction of sp³-hybridized carbons (Fsp3) is 0.778. The monoisotopic (exact) mass is 172 g/mol. The zero-order valence-corrected chi connectivity index (χ0v) is 7.83. The van der Waals surface area contributed by atoms with E-state index in [2.05, 4.69) is 0 Å². The summed E-state index contributed by atoms with van der Waals surface area (Å²) in [6.45, 7) is 5.38. The zero-order chi connectivity index (χ0) is 9.72. The van der Waals surface area contributed by atoms with Crippen LogP contribution >= 0.6 is 0 Å². The van der Waals surface area contributed by atoms with Crippen LogP contribution in [0, 0.1) is 11.8 Å². The second-order valence-corrected chi connectivity index (χ2v) is 3.01. The van der Waals surface area contributed by atoms with Gasteiger partial charge in [-0.1, -0.05) is 20.8 Å². The van der Waals surface area contributed by atoms with Gasteiger partial charge in [-0.05, 0) is 12.8 Å². The van der Waals surface area contributed by atoms with Gasteiger partial charge in [-0.2, -0.15) is 0 Å². The summed E-state index contributed by atoms with van der Waals surface area (Å²) < 4.78 is 0. The van der Waals surface area contributed by atoms with Crippen LogP contribution in [0.3, 0.4) is 0 Å². The lowest BCUT2D eigenvalue weighted by atomic mass is 9.91. The molecule has 2 unspecified atom stereocenters. The van der Waals surface area contributed by atoms with E-state index in [1.807, 2.05) is 6.92 Å². The molecule has 0 heterocycles. The molecule has 0 amide bonds. The smallest absolute Gasteiger partial charge is 0.314 e. The number of aliphatic carboxylic acids is 1. The first kappa shape index (κ1) is 11.1. The van der Waals surface area contributed by atoms with Crippen LogP contribution in [0.4, 0.5) is 0 Å². The van der Waals surface area contributed by atoms with Crippen LogP contribution in [-0.4, -0.2) is 16.9 Å². The standard InChI is InChI=1S/C9H16O3/c1-4-6(3)8(10)7(5-2)9(11)12/h6-7H,4-5H2,1-3H3,(H,11,12). The molecule has 0 radical (unpaired) electrons. The second kappa shape index (κ2) is 4.91. The number of hydrogen-bond donors (Lipinski definition) is 1. The molecule has 0 aromatic heterocycles. The van der Waals surface area contributed by atoms with E-state index in [0.717, 1.165) is 0 Å². The summed E-state index contributed by atoms with van der Waals surface area (Å²) in [5, 5.41) is 8.67. The quantitative estimate of drug-likeness (QED) is 0.642. The average Bonchev–Trinajstić information content (AvgIpc) is 2.03. The van der Waals surface area contributed by atoms with E-state index < -0.39 is 11.9 Å². The first-order valence-corrected chi connectivity index (χ1v) is 4.31. The molecular formula is C9H16O3. The molecule has 3 heteroatoms. The third-order valence-corrected chi connectivity index (χ3v) is 2.15. The summed E-state index contributed by atoms with van der Waals surface area (Å²) in [4.78, 5) is 21.9. The predicted molar refractivity (Wildman–Crippen MR) is 45.9 cm³/mol. The minimum absolute atomic E-state index is 0.133. The van der Waals surface area contributed by atoms with Crippen LogP contribution in [0.2, 0.25) is 0 Å². The molecule has 0 aromatic rings. The van der Waals surface area contributed by atoms with Crippen LogP contribution in [0.25, 0.3) is 0 Å². The van der Waals surface area contributed by atoms with Crippen molar-refractivity contribution in [1.82, 2.24) is 0 Å². The van der Waals surface area contributed by atoms with E-state index >= 15 is 0 Å². The van der Waals surface area contributed by atoms with Gasteiger partial charge in [-0.25, -0.2) is 0 Å². The molecular weight excluding hydrogens is 156 g/mol. The summed E-state index contributed by atoms with van der Waals surface area (Å²) >= 11 is 0. The molecule has 0 aromatic carbocycles. The Morgan fingerprint density at radius 1 is 1.25 bits per heavy atom. The molecule has 12 heavy (non-hydrogen) atoms. The fourth-order valence-electron chi connectivity index (χ4n) is 1.04. The normalized spacial score (nSPS) is 15.2. The Bertz CT molecular complexity index is 175. The van der Waals surface area contributed by atoms with Crippen molar-refractivity contribution < 1.29 is 14.7 Å². The van der Waals surface area contributed by atoms with Gasteiger partial charge in [0.15, 0.2) is 0 Å². The molecule has 0 rings (SSSR count). The number of Topliss-reactive ketones (excluding diaryl/α,β-unsaturated/α-hetero) is 1. The molecule has 0 aliphatic heterocycles. The topological polar surface area (TPSA) is 54.4 Å². The van der Waals surface area contributed by atoms with E-state index in [1.165, 1.54) is 0 Å². The molecule has 70 valence electrons. The Labute approximate surface area is 72.8 Å². The Morgan fingerprint density at radius 2 is 1.75 bits per heavy atom. The van der Waals surface area contributed by atoms with Gasteiger partial charge in [0.2, 0.25) is 0 Å². The van der Waals surface area contributed by atoms with Gasteiger partial charge in [-0.3, -0.25) is 9.59 Å². The largest absolute Gasteiger partial charge is 0.481 e. The zero-order valence-electron chi connectivity index (χ0n) is 7.83. The molecule has 3 nitrogen and oxygen atoms in total. The molecule has 0 aliphatic rings. The van der Waals surface area contributed by atoms with Crippen molar-refractivity contribution in [3.05, 3.63) is 0 Å². The third-order valence-electron chi connectivity index (χ3n) is 2.15. The van der Waals surface area contributed by atoms with E-state index in [0.29, 0.717) is 12.8 Å². The van der Waals surface area contributed by atoms with Crippen molar-refractivity contribution in [2.45, 2.75) is 33.6 Å². The van der Waals surface area contributed by atoms with Crippen molar-refractivity contribution in [1.29, 1.82) is 0 Å². The molecule has 0 saturated carbocycles. The summed E-state index contributed by atoms with van der Waals surface area (Å²) in [5.41, 5.74) is 0. The molecule has 0 fully saturated rings. The van der Waals surface area contributed by atoms with Gasteiger partial charge in [0.05, 0.1) is 0 Å². The summed E-state index contributed by atoms with van der Waals surface area (Å²) in [6.07, 6.45) is 1.10. The van der Waals surface area contributed by atoms with Crippen LogP contribution in [-0.2, 0) is 9.59 Å². The molecule has 0 saturated heterocycles. The number of carboxylic acids is 1. The molecule has 1 N–H and O–H groups in total. The lowest BCUT2D eigenvalue weighted by molar-refractivity contribution is -0.147. The van der Waals surface area contributed by atoms with Crippen molar-refractivity contribution in [3.63, 3.8) is 0 Å². The SMILES string of the molecule is CCC(C)C(=O)C(CC)C(=O)O. The lowest BCUT2D eigenvalue weighted by Gasteiger charge is -2.12. The highest BCUT2D eigenvalue weighted by molar-refractivity contribution is 5.99. The Kier molecular flexibility index (Phi) is 4.55. The number of ketones is 1. The van der Waals surface area contributed by atoms with E-state index in [1.54, 1.807) is 13.8 Å². The van der Waals surface area contributed by atoms with Crippen molar-refractivity contribution in [2.24, 2.45) is 11.8 Å². The molecule has 0 aliphatic carbocycles. The number of rotatable bonds is 5. The maximum Gasteiger partial charge on any atom is 0.314 e. The lowest BCUT2D eigenvalue weighted by Crippen LogP contribution is -2.27. The average molecular weight is 172 g/mol. The van der Waals surface area contributed by atoms with Gasteiger partial charge in [-0.15, -0.1) is 0 Å². The number of carboxylic acid groups (broad SMARTS) is 1. The highest BCUT2D eigenvalue weighted by Crippen LogP contribution is 2.13. The highest BCUT2D eigenvalue weighted by Gasteiger charge is 2.26. The van der Waals surface area contributed by atoms with Crippen molar-refractivity contribution in [2.75, 3.05) is 0 Å². The van der Waals surface area contributed by atoms with E-state index in [4.69, 9.17) is 5.11 Å². The first-order chi connectivity index (χ1) is 5.54. The summed E-state index contributed by atoms with van der Waals surface area (Å²) in [5.74, 6) is -2.08. The van der Waals surface area contributed by atoms with Crippen LogP contribution in [0.1, 0.15) is 33.6 Å². The van der Waals surface area contributed by atoms with Gasteiger partial charge in [0, 0.05) is 5.92 Å². The van der Waals surface area contributed by atoms with Gasteiger partial charge < -0.3 is 5.11 Å². The molecule has 0 spiro atoms. The minimum Gasteiger partial charge on any atom is -0.481 e. The van der Waals surface area contributed by atoms with Gasteiger partial charge in [0.25, 0.3) is 0 Å². The van der Waals surface area contributed by atoms with E-state index in [-0.39, 0.29) is 11.7 Å². The Balaban J connectivity index is 4.31. The maximum atomic E-state index is 11.4. The fourth-order valence-corrected chi connectivity index (χ4v) is 1.04. The van der Waals surface area contributed by atoms with Crippen LogP contribution < -0.4 is 0 Å².